The van der Waals surface area contributed by atoms with Gasteiger partial charge in [-0.1, -0.05) is 42.0 Å². The minimum atomic E-state index is -4.56. The van der Waals surface area contributed by atoms with Crippen LogP contribution in [0.15, 0.2) is 54.6 Å². The standard InChI is InChI=1S/C20H19F3N2O3S/c1-14-3-9-17(10-4-14)25-18(13-19(24-25)20(21,22)23)16-7-5-15(6-8-16)11-12-28-29(2,26)27/h3-10,13H,11-12H2,1-2H3. The molecule has 0 N–H and O–H groups in total. The molecule has 0 atom stereocenters. The van der Waals surface area contributed by atoms with E-state index >= 15 is 0 Å². The predicted octanol–water partition coefficient (Wildman–Crippen LogP) is 4.39. The molecule has 154 valence electrons. The van der Waals surface area contributed by atoms with Crippen LogP contribution in [0.25, 0.3) is 16.9 Å². The van der Waals surface area contributed by atoms with E-state index in [0.29, 0.717) is 23.4 Å². The molecule has 0 aliphatic carbocycles. The van der Waals surface area contributed by atoms with Crippen LogP contribution in [0.2, 0.25) is 0 Å². The highest BCUT2D eigenvalue weighted by Gasteiger charge is 2.35. The van der Waals surface area contributed by atoms with Gasteiger partial charge in [0.05, 0.1) is 24.2 Å². The monoisotopic (exact) mass is 424 g/mol. The minimum absolute atomic E-state index is 0.00228. The van der Waals surface area contributed by atoms with Crippen molar-refractivity contribution in [1.82, 2.24) is 9.78 Å². The fraction of sp³-hybridized carbons (Fsp3) is 0.250. The second-order valence-corrected chi connectivity index (χ2v) is 8.28. The summed E-state index contributed by atoms with van der Waals surface area (Å²) in [5.74, 6) is 0. The maximum absolute atomic E-state index is 13.2. The highest BCUT2D eigenvalue weighted by atomic mass is 32.2. The van der Waals surface area contributed by atoms with Gasteiger partial charge in [0.2, 0.25) is 0 Å². The fourth-order valence-corrected chi connectivity index (χ4v) is 3.15. The number of alkyl halides is 3. The molecular weight excluding hydrogens is 405 g/mol. The van der Waals surface area contributed by atoms with Gasteiger partial charge in [0.15, 0.2) is 5.69 Å². The first-order valence-corrected chi connectivity index (χ1v) is 10.5. The van der Waals surface area contributed by atoms with Crippen molar-refractivity contribution < 1.29 is 25.8 Å². The Balaban J connectivity index is 1.92. The minimum Gasteiger partial charge on any atom is -0.270 e. The average Bonchev–Trinajstić information content (AvgIpc) is 3.08. The van der Waals surface area contributed by atoms with E-state index in [1.165, 1.54) is 4.68 Å². The quantitative estimate of drug-likeness (QED) is 0.551. The molecule has 1 heterocycles. The van der Waals surface area contributed by atoms with E-state index in [2.05, 4.69) is 5.10 Å². The lowest BCUT2D eigenvalue weighted by Gasteiger charge is -2.09. The molecule has 0 unspecified atom stereocenters. The van der Waals surface area contributed by atoms with Gasteiger partial charge in [0.25, 0.3) is 10.1 Å². The van der Waals surface area contributed by atoms with Gasteiger partial charge >= 0.3 is 6.18 Å². The molecule has 0 saturated heterocycles. The van der Waals surface area contributed by atoms with Gasteiger partial charge in [-0.2, -0.15) is 26.7 Å². The molecule has 3 aromatic rings. The number of hydrogen-bond donors (Lipinski definition) is 0. The molecule has 0 saturated carbocycles. The zero-order chi connectivity index (χ0) is 21.2. The molecule has 9 heteroatoms. The van der Waals surface area contributed by atoms with Gasteiger partial charge in [0.1, 0.15) is 0 Å². The van der Waals surface area contributed by atoms with Gasteiger partial charge in [-0.15, -0.1) is 0 Å². The third-order valence-corrected chi connectivity index (χ3v) is 4.81. The molecule has 0 aliphatic heterocycles. The molecule has 29 heavy (non-hydrogen) atoms. The van der Waals surface area contributed by atoms with Crippen LogP contribution in [0.3, 0.4) is 0 Å². The molecule has 3 rings (SSSR count). The molecule has 5 nitrogen and oxygen atoms in total. The van der Waals surface area contributed by atoms with Gasteiger partial charge in [-0.05, 0) is 37.1 Å². The summed E-state index contributed by atoms with van der Waals surface area (Å²) in [6, 6.07) is 14.8. The van der Waals surface area contributed by atoms with Crippen LogP contribution in [0.5, 0.6) is 0 Å². The van der Waals surface area contributed by atoms with E-state index in [9.17, 15) is 21.6 Å². The number of rotatable bonds is 6. The van der Waals surface area contributed by atoms with E-state index in [4.69, 9.17) is 4.18 Å². The maximum atomic E-state index is 13.2. The van der Waals surface area contributed by atoms with Gasteiger partial charge in [-0.3, -0.25) is 4.18 Å². The molecule has 0 amide bonds. The Hall–Kier alpha value is -2.65. The summed E-state index contributed by atoms with van der Waals surface area (Å²) in [7, 11) is -3.51. The van der Waals surface area contributed by atoms with Crippen molar-refractivity contribution >= 4 is 10.1 Å². The van der Waals surface area contributed by atoms with Crippen LogP contribution in [0.1, 0.15) is 16.8 Å². The maximum Gasteiger partial charge on any atom is 0.435 e. The van der Waals surface area contributed by atoms with Crippen LogP contribution < -0.4 is 0 Å². The Labute approximate surface area is 166 Å². The third kappa shape index (κ3) is 5.45. The average molecular weight is 424 g/mol. The van der Waals surface area contributed by atoms with Crippen LogP contribution in [0, 0.1) is 6.92 Å². The van der Waals surface area contributed by atoms with Gasteiger partial charge in [-0.25, -0.2) is 4.68 Å². The second-order valence-electron chi connectivity index (χ2n) is 6.63. The van der Waals surface area contributed by atoms with Crippen molar-refractivity contribution in [2.75, 3.05) is 12.9 Å². The van der Waals surface area contributed by atoms with Crippen molar-refractivity contribution in [3.05, 3.63) is 71.4 Å². The Morgan fingerprint density at radius 3 is 2.21 bits per heavy atom. The van der Waals surface area contributed by atoms with Crippen LogP contribution in [-0.2, 0) is 26.9 Å². The van der Waals surface area contributed by atoms with E-state index in [1.807, 2.05) is 6.92 Å². The van der Waals surface area contributed by atoms with E-state index in [-0.39, 0.29) is 6.61 Å². The van der Waals surface area contributed by atoms with Crippen molar-refractivity contribution in [3.63, 3.8) is 0 Å². The second kappa shape index (κ2) is 8.00. The SMILES string of the molecule is Cc1ccc(-n2nc(C(F)(F)F)cc2-c2ccc(CCOS(C)(=O)=O)cc2)cc1. The number of aryl methyl sites for hydroxylation is 1. The lowest BCUT2D eigenvalue weighted by molar-refractivity contribution is -0.141. The van der Waals surface area contributed by atoms with Crippen molar-refractivity contribution in [3.8, 4) is 16.9 Å². The summed E-state index contributed by atoms with van der Waals surface area (Å²) >= 11 is 0. The molecular formula is C20H19F3N2O3S. The third-order valence-electron chi connectivity index (χ3n) is 4.22. The van der Waals surface area contributed by atoms with Crippen LogP contribution in [0.4, 0.5) is 13.2 Å². The Morgan fingerprint density at radius 1 is 1.03 bits per heavy atom. The molecule has 0 spiro atoms. The number of nitrogens with zero attached hydrogens (tertiary/aromatic N) is 2. The van der Waals surface area contributed by atoms with Crippen LogP contribution in [-0.4, -0.2) is 31.1 Å². The zero-order valence-corrected chi connectivity index (χ0v) is 16.6. The van der Waals surface area contributed by atoms with E-state index < -0.39 is 22.0 Å². The van der Waals surface area contributed by atoms with Crippen molar-refractivity contribution in [2.24, 2.45) is 0 Å². The highest BCUT2D eigenvalue weighted by molar-refractivity contribution is 7.85. The molecule has 2 aromatic carbocycles. The number of halogens is 3. The largest absolute Gasteiger partial charge is 0.435 e. The van der Waals surface area contributed by atoms with Gasteiger partial charge < -0.3 is 0 Å². The lowest BCUT2D eigenvalue weighted by Crippen LogP contribution is -2.07. The Morgan fingerprint density at radius 2 is 1.66 bits per heavy atom. The number of hydrogen-bond acceptors (Lipinski definition) is 4. The van der Waals surface area contributed by atoms with Crippen molar-refractivity contribution in [1.29, 1.82) is 0 Å². The first-order valence-electron chi connectivity index (χ1n) is 8.71. The van der Waals surface area contributed by atoms with Crippen molar-refractivity contribution in [2.45, 2.75) is 19.5 Å². The normalized spacial score (nSPS) is 12.3. The summed E-state index contributed by atoms with van der Waals surface area (Å²) in [4.78, 5) is 0. The predicted molar refractivity (Wildman–Crippen MR) is 103 cm³/mol. The first kappa shape index (κ1) is 21.1. The fourth-order valence-electron chi connectivity index (χ4n) is 2.76. The summed E-state index contributed by atoms with van der Waals surface area (Å²) in [5, 5.41) is 3.76. The van der Waals surface area contributed by atoms with E-state index in [1.54, 1.807) is 48.5 Å². The van der Waals surface area contributed by atoms with Crippen LogP contribution >= 0.6 is 0 Å². The summed E-state index contributed by atoms with van der Waals surface area (Å²) in [6.45, 7) is 1.89. The lowest BCUT2D eigenvalue weighted by atomic mass is 10.1. The smallest absolute Gasteiger partial charge is 0.270 e. The summed E-state index contributed by atoms with van der Waals surface area (Å²) < 4.78 is 67.7. The molecule has 0 fully saturated rings. The highest BCUT2D eigenvalue weighted by Crippen LogP contribution is 2.33. The Bertz CT molecular complexity index is 1090. The first-order chi connectivity index (χ1) is 13.5. The summed E-state index contributed by atoms with van der Waals surface area (Å²) in [6.07, 6.45) is -3.23. The topological polar surface area (TPSA) is 61.2 Å². The van der Waals surface area contributed by atoms with Gasteiger partial charge in [0, 0.05) is 5.56 Å². The molecule has 1 aromatic heterocycles. The summed E-state index contributed by atoms with van der Waals surface area (Å²) in [5.41, 5.74) is 2.20. The molecule has 0 aliphatic rings. The molecule has 0 radical (unpaired) electrons. The zero-order valence-electron chi connectivity index (χ0n) is 15.8. The Kier molecular flexibility index (Phi) is 5.81. The number of aromatic nitrogens is 2. The number of benzene rings is 2. The molecule has 0 bridgehead atoms. The van der Waals surface area contributed by atoms with E-state index in [0.717, 1.165) is 23.4 Å².